The van der Waals surface area contributed by atoms with Crippen molar-refractivity contribution in [2.24, 2.45) is 0 Å². The summed E-state index contributed by atoms with van der Waals surface area (Å²) >= 11 is 0. The number of aryl methyl sites for hydroxylation is 1. The standard InChI is InChI=1S/C14H16N4O/c1-3-15-11-6-7-16-13(8-11)14(19)18-12-5-4-10(2)17-9-12/h4-9H,3H2,1-2H3,(H,15,16)(H,18,19). The molecule has 0 radical (unpaired) electrons. The minimum atomic E-state index is -0.245. The molecule has 5 heteroatoms. The summed E-state index contributed by atoms with van der Waals surface area (Å²) in [6.07, 6.45) is 3.24. The topological polar surface area (TPSA) is 66.9 Å². The molecule has 2 N–H and O–H groups in total. The lowest BCUT2D eigenvalue weighted by atomic mass is 10.3. The van der Waals surface area contributed by atoms with Crippen LogP contribution in [0, 0.1) is 6.92 Å². The molecule has 19 heavy (non-hydrogen) atoms. The van der Waals surface area contributed by atoms with E-state index in [2.05, 4.69) is 20.6 Å². The first-order chi connectivity index (χ1) is 9.19. The maximum absolute atomic E-state index is 12.0. The number of pyridine rings is 2. The van der Waals surface area contributed by atoms with E-state index < -0.39 is 0 Å². The number of nitrogens with one attached hydrogen (secondary N) is 2. The van der Waals surface area contributed by atoms with Crippen LogP contribution in [0.3, 0.4) is 0 Å². The molecule has 0 aromatic carbocycles. The van der Waals surface area contributed by atoms with Crippen LogP contribution in [0.1, 0.15) is 23.1 Å². The van der Waals surface area contributed by atoms with Crippen molar-refractivity contribution in [1.29, 1.82) is 0 Å². The molecule has 0 spiro atoms. The van der Waals surface area contributed by atoms with Crippen LogP contribution in [0.2, 0.25) is 0 Å². The Labute approximate surface area is 112 Å². The maximum Gasteiger partial charge on any atom is 0.274 e. The van der Waals surface area contributed by atoms with E-state index in [1.54, 1.807) is 18.5 Å². The van der Waals surface area contributed by atoms with Crippen LogP contribution in [0.5, 0.6) is 0 Å². The Kier molecular flexibility index (Phi) is 4.07. The van der Waals surface area contributed by atoms with E-state index >= 15 is 0 Å². The van der Waals surface area contributed by atoms with Gasteiger partial charge >= 0.3 is 0 Å². The maximum atomic E-state index is 12.0. The van der Waals surface area contributed by atoms with Crippen molar-refractivity contribution in [2.75, 3.05) is 17.2 Å². The molecule has 0 saturated heterocycles. The Hall–Kier alpha value is -2.43. The number of rotatable bonds is 4. The summed E-state index contributed by atoms with van der Waals surface area (Å²) in [7, 11) is 0. The predicted octanol–water partition coefficient (Wildman–Crippen LogP) is 2.47. The highest BCUT2D eigenvalue weighted by Gasteiger charge is 2.08. The van der Waals surface area contributed by atoms with Crippen molar-refractivity contribution < 1.29 is 4.79 Å². The molecular formula is C14H16N4O. The number of amides is 1. The fourth-order valence-electron chi connectivity index (χ4n) is 1.61. The fraction of sp³-hybridized carbons (Fsp3) is 0.214. The number of nitrogens with zero attached hydrogens (tertiary/aromatic N) is 2. The van der Waals surface area contributed by atoms with Crippen molar-refractivity contribution in [1.82, 2.24) is 9.97 Å². The number of hydrogen-bond acceptors (Lipinski definition) is 4. The first kappa shape index (κ1) is 13.0. The van der Waals surface area contributed by atoms with Crippen LogP contribution in [0.4, 0.5) is 11.4 Å². The van der Waals surface area contributed by atoms with E-state index in [9.17, 15) is 4.79 Å². The Balaban J connectivity index is 2.11. The summed E-state index contributed by atoms with van der Waals surface area (Å²) in [5, 5.41) is 5.90. The molecule has 98 valence electrons. The van der Waals surface area contributed by atoms with E-state index in [1.807, 2.05) is 32.0 Å². The van der Waals surface area contributed by atoms with Gasteiger partial charge in [0.15, 0.2) is 0 Å². The number of carbonyl (C=O) groups is 1. The van der Waals surface area contributed by atoms with Gasteiger partial charge in [-0.15, -0.1) is 0 Å². The second-order valence-corrected chi connectivity index (χ2v) is 4.10. The number of aromatic nitrogens is 2. The minimum Gasteiger partial charge on any atom is -0.385 e. The summed E-state index contributed by atoms with van der Waals surface area (Å²) in [6, 6.07) is 7.21. The Morgan fingerprint density at radius 1 is 1.21 bits per heavy atom. The Morgan fingerprint density at radius 3 is 2.74 bits per heavy atom. The molecule has 0 aliphatic carbocycles. The Bertz CT molecular complexity index is 566. The summed E-state index contributed by atoms with van der Waals surface area (Å²) in [5.41, 5.74) is 2.82. The molecule has 0 bridgehead atoms. The number of hydrogen-bond donors (Lipinski definition) is 2. The van der Waals surface area contributed by atoms with E-state index in [1.165, 1.54) is 0 Å². The molecule has 0 fully saturated rings. The van der Waals surface area contributed by atoms with Gasteiger partial charge in [0.2, 0.25) is 0 Å². The van der Waals surface area contributed by atoms with Crippen LogP contribution in [0.15, 0.2) is 36.7 Å². The van der Waals surface area contributed by atoms with Crippen LogP contribution >= 0.6 is 0 Å². The third-order valence-electron chi connectivity index (χ3n) is 2.54. The number of anilines is 2. The molecule has 2 heterocycles. The highest BCUT2D eigenvalue weighted by Crippen LogP contribution is 2.11. The second kappa shape index (κ2) is 5.95. The van der Waals surface area contributed by atoms with Crippen molar-refractivity contribution >= 4 is 17.3 Å². The second-order valence-electron chi connectivity index (χ2n) is 4.10. The first-order valence-corrected chi connectivity index (χ1v) is 6.13. The van der Waals surface area contributed by atoms with Crippen LogP contribution in [-0.2, 0) is 0 Å². The van der Waals surface area contributed by atoms with Crippen molar-refractivity contribution in [2.45, 2.75) is 13.8 Å². The zero-order chi connectivity index (χ0) is 13.7. The molecule has 0 atom stereocenters. The highest BCUT2D eigenvalue weighted by molar-refractivity contribution is 6.03. The minimum absolute atomic E-state index is 0.245. The van der Waals surface area contributed by atoms with E-state index in [-0.39, 0.29) is 5.91 Å². The van der Waals surface area contributed by atoms with Gasteiger partial charge in [-0.05, 0) is 38.1 Å². The van der Waals surface area contributed by atoms with E-state index in [4.69, 9.17) is 0 Å². The van der Waals surface area contributed by atoms with Gasteiger partial charge in [0, 0.05) is 24.1 Å². The molecule has 2 aromatic heterocycles. The fourth-order valence-corrected chi connectivity index (χ4v) is 1.61. The van der Waals surface area contributed by atoms with Gasteiger partial charge in [-0.3, -0.25) is 14.8 Å². The zero-order valence-corrected chi connectivity index (χ0v) is 11.0. The Morgan fingerprint density at radius 2 is 2.05 bits per heavy atom. The lowest BCUT2D eigenvalue weighted by Crippen LogP contribution is -2.14. The lowest BCUT2D eigenvalue weighted by Gasteiger charge is -2.07. The zero-order valence-electron chi connectivity index (χ0n) is 11.0. The monoisotopic (exact) mass is 256 g/mol. The van der Waals surface area contributed by atoms with Gasteiger partial charge in [0.1, 0.15) is 5.69 Å². The van der Waals surface area contributed by atoms with Gasteiger partial charge in [-0.25, -0.2) is 0 Å². The number of carbonyl (C=O) groups excluding carboxylic acids is 1. The summed E-state index contributed by atoms with van der Waals surface area (Å²) in [4.78, 5) is 20.2. The van der Waals surface area contributed by atoms with Crippen LogP contribution in [0.25, 0.3) is 0 Å². The summed E-state index contributed by atoms with van der Waals surface area (Å²) < 4.78 is 0. The van der Waals surface area contributed by atoms with E-state index in [0.717, 1.165) is 17.9 Å². The quantitative estimate of drug-likeness (QED) is 0.881. The largest absolute Gasteiger partial charge is 0.385 e. The van der Waals surface area contributed by atoms with Crippen molar-refractivity contribution in [3.05, 3.63) is 48.0 Å². The van der Waals surface area contributed by atoms with Crippen molar-refractivity contribution in [3.8, 4) is 0 Å². The van der Waals surface area contributed by atoms with Gasteiger partial charge in [-0.1, -0.05) is 0 Å². The van der Waals surface area contributed by atoms with Crippen LogP contribution < -0.4 is 10.6 Å². The molecule has 0 aliphatic heterocycles. The average Bonchev–Trinajstić information content (AvgIpc) is 2.42. The van der Waals surface area contributed by atoms with Crippen molar-refractivity contribution in [3.63, 3.8) is 0 Å². The molecule has 5 nitrogen and oxygen atoms in total. The lowest BCUT2D eigenvalue weighted by molar-refractivity contribution is 0.102. The molecule has 2 aromatic rings. The SMILES string of the molecule is CCNc1ccnc(C(=O)Nc2ccc(C)nc2)c1. The first-order valence-electron chi connectivity index (χ1n) is 6.13. The average molecular weight is 256 g/mol. The van der Waals surface area contributed by atoms with Gasteiger partial charge in [0.25, 0.3) is 5.91 Å². The normalized spacial score (nSPS) is 10.0. The smallest absolute Gasteiger partial charge is 0.274 e. The molecule has 0 unspecified atom stereocenters. The van der Waals surface area contributed by atoms with E-state index in [0.29, 0.717) is 11.4 Å². The summed E-state index contributed by atoms with van der Waals surface area (Å²) in [5.74, 6) is -0.245. The van der Waals surface area contributed by atoms with Crippen LogP contribution in [-0.4, -0.2) is 22.4 Å². The predicted molar refractivity (Wildman–Crippen MR) is 75.3 cm³/mol. The van der Waals surface area contributed by atoms with Gasteiger partial charge in [0.05, 0.1) is 11.9 Å². The highest BCUT2D eigenvalue weighted by atomic mass is 16.1. The summed E-state index contributed by atoms with van der Waals surface area (Å²) in [6.45, 7) is 4.69. The molecule has 1 amide bonds. The third-order valence-corrected chi connectivity index (χ3v) is 2.54. The molecule has 2 rings (SSSR count). The molecule has 0 aliphatic rings. The van der Waals surface area contributed by atoms with Gasteiger partial charge in [-0.2, -0.15) is 0 Å². The molecule has 0 saturated carbocycles. The molecular weight excluding hydrogens is 240 g/mol. The van der Waals surface area contributed by atoms with Gasteiger partial charge < -0.3 is 10.6 Å². The third kappa shape index (κ3) is 3.51.